The van der Waals surface area contributed by atoms with E-state index in [1.54, 1.807) is 0 Å². The van der Waals surface area contributed by atoms with E-state index in [-0.39, 0.29) is 6.10 Å². The van der Waals surface area contributed by atoms with Gasteiger partial charge in [-0.05, 0) is 68.1 Å². The summed E-state index contributed by atoms with van der Waals surface area (Å²) in [6.45, 7) is 2.97. The molecule has 4 bridgehead atoms. The Morgan fingerprint density at radius 3 is 2.22 bits per heavy atom. The van der Waals surface area contributed by atoms with Gasteiger partial charge in [0.05, 0.1) is 20.7 Å². The van der Waals surface area contributed by atoms with Crippen molar-refractivity contribution in [2.45, 2.75) is 57.6 Å². The van der Waals surface area contributed by atoms with Gasteiger partial charge < -0.3 is 14.3 Å². The molecule has 0 aromatic heterocycles. The van der Waals surface area contributed by atoms with Crippen LogP contribution in [0, 0.1) is 23.2 Å². The number of nitrogens with zero attached hydrogens (tertiary/aromatic N) is 1. The topological polar surface area (TPSA) is 29.5 Å². The standard InChI is InChI=1S/C24H38NO2/c1-25(2,16-19-6-4-3-5-7-19)17-23(26)18-27-9-8-24-13-20-10-21(14-24)12-22(11-20)15-24/h3-7,20-23,26H,8-18H2,1-2H3/q+1/t20?,21?,22?,23-,24?/m1/s1. The third kappa shape index (κ3) is 4.93. The Balaban J connectivity index is 1.18. The molecule has 0 heterocycles. The number of hydrogen-bond donors (Lipinski definition) is 1. The Kier molecular flexibility index (Phi) is 5.64. The molecule has 4 fully saturated rings. The summed E-state index contributed by atoms with van der Waals surface area (Å²) >= 11 is 0. The largest absolute Gasteiger partial charge is 0.385 e. The van der Waals surface area contributed by atoms with Gasteiger partial charge >= 0.3 is 0 Å². The molecule has 5 rings (SSSR count). The molecule has 1 atom stereocenters. The highest BCUT2D eigenvalue weighted by Crippen LogP contribution is 2.61. The molecule has 0 aliphatic heterocycles. The maximum absolute atomic E-state index is 10.5. The first-order valence-electron chi connectivity index (χ1n) is 11.0. The van der Waals surface area contributed by atoms with Crippen LogP contribution < -0.4 is 0 Å². The summed E-state index contributed by atoms with van der Waals surface area (Å²) in [6.07, 6.45) is 9.70. The molecule has 0 amide bonds. The molecule has 0 unspecified atom stereocenters. The van der Waals surface area contributed by atoms with Gasteiger partial charge in [0.25, 0.3) is 0 Å². The zero-order valence-corrected chi connectivity index (χ0v) is 17.3. The molecule has 4 aliphatic rings. The number of ether oxygens (including phenoxy) is 1. The van der Waals surface area contributed by atoms with Crippen LogP contribution in [-0.2, 0) is 11.3 Å². The van der Waals surface area contributed by atoms with Crippen LogP contribution in [0.25, 0.3) is 0 Å². The van der Waals surface area contributed by atoms with Gasteiger partial charge in [-0.15, -0.1) is 0 Å². The van der Waals surface area contributed by atoms with Crippen molar-refractivity contribution in [2.24, 2.45) is 23.2 Å². The van der Waals surface area contributed by atoms with Gasteiger partial charge in [0.2, 0.25) is 0 Å². The van der Waals surface area contributed by atoms with E-state index in [0.29, 0.717) is 12.0 Å². The lowest BCUT2D eigenvalue weighted by molar-refractivity contribution is -0.906. The fourth-order valence-electron chi connectivity index (χ4n) is 6.87. The molecule has 3 nitrogen and oxygen atoms in total. The first kappa shape index (κ1) is 19.4. The Bertz CT molecular complexity index is 577. The van der Waals surface area contributed by atoms with Crippen molar-refractivity contribution in [1.82, 2.24) is 0 Å². The fourth-order valence-corrected chi connectivity index (χ4v) is 6.87. The van der Waals surface area contributed by atoms with Crippen LogP contribution in [0.3, 0.4) is 0 Å². The molecule has 0 saturated heterocycles. The van der Waals surface area contributed by atoms with E-state index in [2.05, 4.69) is 44.4 Å². The van der Waals surface area contributed by atoms with Crippen molar-refractivity contribution in [3.05, 3.63) is 35.9 Å². The molecule has 1 aromatic rings. The van der Waals surface area contributed by atoms with Crippen LogP contribution in [0.2, 0.25) is 0 Å². The lowest BCUT2D eigenvalue weighted by Crippen LogP contribution is -2.47. The quantitative estimate of drug-likeness (QED) is 0.519. The van der Waals surface area contributed by atoms with Crippen molar-refractivity contribution in [1.29, 1.82) is 0 Å². The fraction of sp³-hybridized carbons (Fsp3) is 0.750. The molecule has 1 aromatic carbocycles. The van der Waals surface area contributed by atoms with Crippen molar-refractivity contribution in [2.75, 3.05) is 33.9 Å². The van der Waals surface area contributed by atoms with Crippen LogP contribution in [-0.4, -0.2) is 49.5 Å². The first-order valence-corrected chi connectivity index (χ1v) is 11.0. The SMILES string of the molecule is C[N+](C)(Cc1ccccc1)C[C@@H](O)COCCC12CC3CC(CC(C3)C1)C2. The van der Waals surface area contributed by atoms with Crippen LogP contribution in [0.4, 0.5) is 0 Å². The van der Waals surface area contributed by atoms with E-state index in [0.717, 1.165) is 41.9 Å². The van der Waals surface area contributed by atoms with Crippen LogP contribution in [0.15, 0.2) is 30.3 Å². The summed E-state index contributed by atoms with van der Waals surface area (Å²) in [5.41, 5.74) is 1.90. The molecule has 150 valence electrons. The number of quaternary nitrogens is 1. The molecule has 27 heavy (non-hydrogen) atoms. The molecule has 1 N–H and O–H groups in total. The summed E-state index contributed by atoms with van der Waals surface area (Å²) in [5.74, 6) is 3.04. The maximum Gasteiger partial charge on any atom is 0.126 e. The highest BCUT2D eigenvalue weighted by atomic mass is 16.5. The van der Waals surface area contributed by atoms with Gasteiger partial charge in [-0.3, -0.25) is 0 Å². The van der Waals surface area contributed by atoms with Crippen LogP contribution >= 0.6 is 0 Å². The van der Waals surface area contributed by atoms with E-state index < -0.39 is 0 Å². The maximum atomic E-state index is 10.5. The summed E-state index contributed by atoms with van der Waals surface area (Å²) in [4.78, 5) is 0. The van der Waals surface area contributed by atoms with E-state index in [4.69, 9.17) is 4.74 Å². The minimum Gasteiger partial charge on any atom is -0.385 e. The number of benzene rings is 1. The lowest BCUT2D eigenvalue weighted by atomic mass is 9.49. The number of likely N-dealkylation sites (N-methyl/N-ethyl adjacent to an activating group) is 1. The van der Waals surface area contributed by atoms with Crippen molar-refractivity contribution in [3.8, 4) is 0 Å². The normalized spacial score (nSPS) is 33.4. The first-order chi connectivity index (χ1) is 12.9. The molecule has 0 spiro atoms. The van der Waals surface area contributed by atoms with Gasteiger partial charge in [0.1, 0.15) is 19.2 Å². The summed E-state index contributed by atoms with van der Waals surface area (Å²) in [7, 11) is 4.37. The lowest BCUT2D eigenvalue weighted by Gasteiger charge is -2.57. The molecule has 0 radical (unpaired) electrons. The minimum atomic E-state index is -0.389. The zero-order valence-electron chi connectivity index (χ0n) is 17.3. The predicted octanol–water partition coefficient (Wildman–Crippen LogP) is 4.25. The Labute approximate surface area is 165 Å². The van der Waals surface area contributed by atoms with Crippen LogP contribution in [0.5, 0.6) is 0 Å². The van der Waals surface area contributed by atoms with Gasteiger partial charge in [-0.25, -0.2) is 0 Å². The Morgan fingerprint density at radius 1 is 1.04 bits per heavy atom. The third-order valence-corrected chi connectivity index (χ3v) is 7.41. The molecule has 4 saturated carbocycles. The molecular weight excluding hydrogens is 334 g/mol. The molecule has 3 heteroatoms. The third-order valence-electron chi connectivity index (χ3n) is 7.41. The number of aliphatic hydroxyl groups is 1. The van der Waals surface area contributed by atoms with Crippen LogP contribution in [0.1, 0.15) is 50.5 Å². The smallest absolute Gasteiger partial charge is 0.126 e. The zero-order chi connectivity index (χ0) is 18.9. The second-order valence-corrected chi connectivity index (χ2v) is 10.7. The minimum absolute atomic E-state index is 0.389. The van der Waals surface area contributed by atoms with E-state index >= 15 is 0 Å². The average Bonchev–Trinajstić information content (AvgIpc) is 2.57. The van der Waals surface area contributed by atoms with E-state index in [9.17, 15) is 5.11 Å². The summed E-state index contributed by atoms with van der Waals surface area (Å²) < 4.78 is 6.75. The predicted molar refractivity (Wildman–Crippen MR) is 109 cm³/mol. The number of hydrogen-bond acceptors (Lipinski definition) is 2. The Morgan fingerprint density at radius 2 is 1.63 bits per heavy atom. The van der Waals surface area contributed by atoms with Gasteiger partial charge in [0.15, 0.2) is 0 Å². The highest BCUT2D eigenvalue weighted by Gasteiger charge is 2.50. The van der Waals surface area contributed by atoms with Crippen molar-refractivity contribution in [3.63, 3.8) is 0 Å². The number of rotatable bonds is 9. The summed E-state index contributed by atoms with van der Waals surface area (Å²) in [5, 5.41) is 10.5. The highest BCUT2D eigenvalue weighted by molar-refractivity contribution is 5.13. The van der Waals surface area contributed by atoms with E-state index in [1.165, 1.54) is 50.5 Å². The average molecular weight is 373 g/mol. The number of aliphatic hydroxyl groups excluding tert-OH is 1. The van der Waals surface area contributed by atoms with Gasteiger partial charge in [-0.2, -0.15) is 0 Å². The Hall–Kier alpha value is -0.900. The van der Waals surface area contributed by atoms with Gasteiger partial charge in [0, 0.05) is 12.2 Å². The second kappa shape index (κ2) is 7.85. The van der Waals surface area contributed by atoms with Crippen molar-refractivity contribution >= 4 is 0 Å². The summed E-state index contributed by atoms with van der Waals surface area (Å²) in [6, 6.07) is 10.5. The molecule has 4 aliphatic carbocycles. The van der Waals surface area contributed by atoms with Gasteiger partial charge in [-0.1, -0.05) is 30.3 Å². The van der Waals surface area contributed by atoms with Crippen molar-refractivity contribution < 1.29 is 14.3 Å². The van der Waals surface area contributed by atoms with E-state index in [1.807, 2.05) is 0 Å². The second-order valence-electron chi connectivity index (χ2n) is 10.7. The molecular formula is C24H38NO2+. The monoisotopic (exact) mass is 372 g/mol.